The normalized spacial score (nSPS) is 15.7. The smallest absolute Gasteiger partial charge is 0.270 e. The fourth-order valence-corrected chi connectivity index (χ4v) is 3.48. The molecule has 2 aromatic carbocycles. The summed E-state index contributed by atoms with van der Waals surface area (Å²) in [5.41, 5.74) is 2.16. The Morgan fingerprint density at radius 2 is 2.13 bits per heavy atom. The fraction of sp³-hybridized carbons (Fsp3) is 0.238. The molecule has 0 spiro atoms. The Morgan fingerprint density at radius 3 is 2.90 bits per heavy atom. The van der Waals surface area contributed by atoms with Gasteiger partial charge in [-0.15, -0.1) is 0 Å². The molecule has 1 fully saturated rings. The summed E-state index contributed by atoms with van der Waals surface area (Å²) in [5, 5.41) is 13.9. The van der Waals surface area contributed by atoms with Gasteiger partial charge in [-0.3, -0.25) is 19.7 Å². The Bertz CT molecular complexity index is 1050. The van der Waals surface area contributed by atoms with Crippen LogP contribution in [-0.2, 0) is 20.9 Å². The molecule has 2 aromatic rings. The number of anilines is 2. The second-order valence-electron chi connectivity index (χ2n) is 6.91. The molecule has 9 nitrogen and oxygen atoms in total. The summed E-state index contributed by atoms with van der Waals surface area (Å²) in [6.07, 6.45) is 4.10. The van der Waals surface area contributed by atoms with Crippen molar-refractivity contribution in [1.82, 2.24) is 0 Å². The van der Waals surface area contributed by atoms with Gasteiger partial charge in [0.15, 0.2) is 6.79 Å². The van der Waals surface area contributed by atoms with Crippen molar-refractivity contribution in [2.24, 2.45) is 0 Å². The molecular weight excluding hydrogens is 390 g/mol. The largest absolute Gasteiger partial charge is 0.467 e. The van der Waals surface area contributed by atoms with Crippen LogP contribution in [-0.4, -0.2) is 30.1 Å². The van der Waals surface area contributed by atoms with E-state index in [1.54, 1.807) is 23.1 Å². The first-order chi connectivity index (χ1) is 14.5. The number of carbonyl (C=O) groups is 2. The molecule has 0 aromatic heterocycles. The van der Waals surface area contributed by atoms with E-state index in [0.717, 1.165) is 12.1 Å². The summed E-state index contributed by atoms with van der Waals surface area (Å²) >= 11 is 0. The summed E-state index contributed by atoms with van der Waals surface area (Å²) in [7, 11) is 0. The topological polar surface area (TPSA) is 111 Å². The molecule has 30 heavy (non-hydrogen) atoms. The highest BCUT2D eigenvalue weighted by molar-refractivity contribution is 6.03. The Kier molecular flexibility index (Phi) is 5.44. The van der Waals surface area contributed by atoms with Gasteiger partial charge < -0.3 is 19.7 Å². The first kappa shape index (κ1) is 19.6. The standard InChI is InChI=1S/C21H19N3O6/c25-19(22-16-3-1-4-17(11-16)23-8-2-5-20(23)26)7-6-14-9-18(24(27)28)10-15-12-29-13-30-21(14)15/h1,3-4,6-7,9-11H,2,5,8,12-13H2,(H,22,25)/b7-6+. The molecule has 0 unspecified atom stereocenters. The number of hydrogen-bond donors (Lipinski definition) is 1. The Hall–Kier alpha value is -3.72. The highest BCUT2D eigenvalue weighted by Crippen LogP contribution is 2.33. The van der Waals surface area contributed by atoms with Crippen molar-refractivity contribution in [3.63, 3.8) is 0 Å². The van der Waals surface area contributed by atoms with Gasteiger partial charge in [-0.05, 0) is 30.7 Å². The lowest BCUT2D eigenvalue weighted by atomic mass is 10.1. The van der Waals surface area contributed by atoms with E-state index in [2.05, 4.69) is 5.32 Å². The molecule has 154 valence electrons. The third kappa shape index (κ3) is 4.15. The van der Waals surface area contributed by atoms with E-state index in [9.17, 15) is 19.7 Å². The van der Waals surface area contributed by atoms with Crippen molar-refractivity contribution >= 4 is 35.0 Å². The van der Waals surface area contributed by atoms with Crippen LogP contribution in [0.25, 0.3) is 6.08 Å². The van der Waals surface area contributed by atoms with E-state index in [1.165, 1.54) is 24.3 Å². The number of nitro groups is 1. The molecule has 2 aliphatic heterocycles. The molecule has 2 amide bonds. The van der Waals surface area contributed by atoms with Gasteiger partial charge in [-0.25, -0.2) is 0 Å². The number of nitrogens with one attached hydrogen (secondary N) is 1. The zero-order chi connectivity index (χ0) is 21.1. The number of fused-ring (bicyclic) bond motifs is 1. The average Bonchev–Trinajstić information content (AvgIpc) is 3.18. The van der Waals surface area contributed by atoms with Crippen LogP contribution in [0.5, 0.6) is 5.75 Å². The number of non-ortho nitro benzene ring substituents is 1. The molecule has 9 heteroatoms. The van der Waals surface area contributed by atoms with Crippen molar-refractivity contribution in [3.8, 4) is 5.75 Å². The first-order valence-corrected chi connectivity index (χ1v) is 9.42. The number of carbonyl (C=O) groups excluding carboxylic acids is 2. The van der Waals surface area contributed by atoms with Gasteiger partial charge in [0, 0.05) is 53.7 Å². The molecular formula is C21H19N3O6. The van der Waals surface area contributed by atoms with Crippen LogP contribution in [0.2, 0.25) is 0 Å². The highest BCUT2D eigenvalue weighted by Gasteiger charge is 2.22. The van der Waals surface area contributed by atoms with Gasteiger partial charge in [-0.2, -0.15) is 0 Å². The number of amides is 2. The van der Waals surface area contributed by atoms with Crippen molar-refractivity contribution in [2.45, 2.75) is 19.4 Å². The minimum absolute atomic E-state index is 0.0415. The lowest BCUT2D eigenvalue weighted by Crippen LogP contribution is -2.23. The van der Waals surface area contributed by atoms with Crippen molar-refractivity contribution in [2.75, 3.05) is 23.6 Å². The van der Waals surface area contributed by atoms with E-state index in [4.69, 9.17) is 9.47 Å². The van der Waals surface area contributed by atoms with Gasteiger partial charge in [0.25, 0.3) is 5.69 Å². The average molecular weight is 409 g/mol. The highest BCUT2D eigenvalue weighted by atomic mass is 16.7. The number of hydrogen-bond acceptors (Lipinski definition) is 6. The SMILES string of the molecule is O=C(/C=C/c1cc([N+](=O)[O-])cc2c1OCOC2)Nc1cccc(N2CCCC2=O)c1. The molecule has 2 heterocycles. The minimum atomic E-state index is -0.503. The van der Waals surface area contributed by atoms with E-state index >= 15 is 0 Å². The monoisotopic (exact) mass is 409 g/mol. The van der Waals surface area contributed by atoms with Crippen LogP contribution in [0.15, 0.2) is 42.5 Å². The number of benzene rings is 2. The predicted molar refractivity (Wildman–Crippen MR) is 109 cm³/mol. The third-order valence-corrected chi connectivity index (χ3v) is 4.85. The second kappa shape index (κ2) is 8.34. The van der Waals surface area contributed by atoms with E-state index in [1.807, 2.05) is 6.07 Å². The van der Waals surface area contributed by atoms with Crippen LogP contribution < -0.4 is 15.0 Å². The first-order valence-electron chi connectivity index (χ1n) is 9.42. The summed E-state index contributed by atoms with van der Waals surface area (Å²) < 4.78 is 10.6. The van der Waals surface area contributed by atoms with Gasteiger partial charge in [0.05, 0.1) is 11.5 Å². The Labute approximate surface area is 172 Å². The van der Waals surface area contributed by atoms with E-state index < -0.39 is 10.8 Å². The summed E-state index contributed by atoms with van der Waals surface area (Å²) in [4.78, 5) is 36.7. The number of nitro benzene ring substituents is 1. The molecule has 4 rings (SSSR count). The van der Waals surface area contributed by atoms with Gasteiger partial charge in [0.2, 0.25) is 11.8 Å². The van der Waals surface area contributed by atoms with Gasteiger partial charge in [-0.1, -0.05) is 6.07 Å². The van der Waals surface area contributed by atoms with Crippen molar-refractivity contribution in [3.05, 3.63) is 63.7 Å². The summed E-state index contributed by atoms with van der Waals surface area (Å²) in [6, 6.07) is 9.81. The summed E-state index contributed by atoms with van der Waals surface area (Å²) in [5.74, 6) is 0.121. The van der Waals surface area contributed by atoms with Crippen LogP contribution >= 0.6 is 0 Å². The van der Waals surface area contributed by atoms with Gasteiger partial charge in [0.1, 0.15) is 5.75 Å². The second-order valence-corrected chi connectivity index (χ2v) is 6.91. The van der Waals surface area contributed by atoms with Crippen molar-refractivity contribution < 1.29 is 24.0 Å². The van der Waals surface area contributed by atoms with E-state index in [0.29, 0.717) is 35.5 Å². The fourth-order valence-electron chi connectivity index (χ4n) is 3.48. The molecule has 0 radical (unpaired) electrons. The van der Waals surface area contributed by atoms with Crippen LogP contribution in [0, 0.1) is 10.1 Å². The molecule has 1 N–H and O–H groups in total. The molecule has 0 bridgehead atoms. The lowest BCUT2D eigenvalue weighted by molar-refractivity contribution is -0.385. The number of rotatable bonds is 5. The lowest BCUT2D eigenvalue weighted by Gasteiger charge is -2.19. The quantitative estimate of drug-likeness (QED) is 0.461. The minimum Gasteiger partial charge on any atom is -0.467 e. The van der Waals surface area contributed by atoms with Crippen LogP contribution in [0.3, 0.4) is 0 Å². The molecule has 2 aliphatic rings. The third-order valence-electron chi connectivity index (χ3n) is 4.85. The maximum Gasteiger partial charge on any atom is 0.270 e. The van der Waals surface area contributed by atoms with Crippen molar-refractivity contribution in [1.29, 1.82) is 0 Å². The molecule has 0 aliphatic carbocycles. The zero-order valence-electron chi connectivity index (χ0n) is 16.0. The molecule has 0 atom stereocenters. The van der Waals surface area contributed by atoms with E-state index in [-0.39, 0.29) is 25.0 Å². The zero-order valence-corrected chi connectivity index (χ0v) is 16.0. The van der Waals surface area contributed by atoms with Gasteiger partial charge >= 0.3 is 0 Å². The predicted octanol–water partition coefficient (Wildman–Crippen LogP) is 3.24. The molecule has 1 saturated heterocycles. The van der Waals surface area contributed by atoms with Crippen LogP contribution in [0.4, 0.5) is 17.1 Å². The van der Waals surface area contributed by atoms with Crippen LogP contribution in [0.1, 0.15) is 24.0 Å². The number of ether oxygens (including phenoxy) is 2. The maximum absolute atomic E-state index is 12.4. The molecule has 0 saturated carbocycles. The summed E-state index contributed by atoms with van der Waals surface area (Å²) in [6.45, 7) is 0.906. The number of nitrogens with zero attached hydrogens (tertiary/aromatic N) is 2. The Morgan fingerprint density at radius 1 is 1.27 bits per heavy atom. The Balaban J connectivity index is 1.51. The maximum atomic E-state index is 12.4.